The van der Waals surface area contributed by atoms with E-state index >= 15 is 0 Å². The maximum absolute atomic E-state index is 13.1. The predicted molar refractivity (Wildman–Crippen MR) is 102 cm³/mol. The fraction of sp³-hybridized carbons (Fsp3) is 0.476. The van der Waals surface area contributed by atoms with E-state index in [1.807, 2.05) is 13.0 Å². The number of anilines is 1. The Kier molecular flexibility index (Phi) is 4.39. The largest absolute Gasteiger partial charge is 0.355 e. The summed E-state index contributed by atoms with van der Waals surface area (Å²) in [6, 6.07) is 10.7. The summed E-state index contributed by atoms with van der Waals surface area (Å²) >= 11 is 0. The number of aromatic nitrogens is 2. The molecule has 5 nitrogen and oxygen atoms in total. The van der Waals surface area contributed by atoms with Crippen LogP contribution in [0.5, 0.6) is 0 Å². The summed E-state index contributed by atoms with van der Waals surface area (Å²) in [5, 5.41) is 3.32. The van der Waals surface area contributed by atoms with Gasteiger partial charge in [-0.1, -0.05) is 24.3 Å². The van der Waals surface area contributed by atoms with Gasteiger partial charge in [-0.05, 0) is 50.7 Å². The molecule has 1 amide bonds. The third-order valence-electron chi connectivity index (χ3n) is 5.74. The average Bonchev–Trinajstić information content (AvgIpc) is 3.04. The molecule has 2 aliphatic rings. The first kappa shape index (κ1) is 17.0. The normalized spacial score (nSPS) is 22.9. The molecule has 26 heavy (non-hydrogen) atoms. The molecule has 4 rings (SSSR count). The highest BCUT2D eigenvalue weighted by atomic mass is 16.2. The second-order valence-corrected chi connectivity index (χ2v) is 7.95. The van der Waals surface area contributed by atoms with Gasteiger partial charge in [0.05, 0.1) is 5.41 Å². The molecule has 1 aromatic carbocycles. The van der Waals surface area contributed by atoms with Crippen LogP contribution < -0.4 is 10.2 Å². The molecule has 5 heteroatoms. The highest BCUT2D eigenvalue weighted by Gasteiger charge is 2.39. The Morgan fingerprint density at radius 2 is 1.96 bits per heavy atom. The maximum atomic E-state index is 13.1. The van der Waals surface area contributed by atoms with E-state index in [1.54, 1.807) is 6.33 Å². The first-order valence-corrected chi connectivity index (χ1v) is 9.45. The molecular formula is C21H26N4O. The van der Waals surface area contributed by atoms with Crippen molar-refractivity contribution in [1.29, 1.82) is 0 Å². The fourth-order valence-corrected chi connectivity index (χ4v) is 4.25. The molecule has 1 aliphatic carbocycles. The van der Waals surface area contributed by atoms with Gasteiger partial charge in [0.15, 0.2) is 0 Å². The van der Waals surface area contributed by atoms with Crippen LogP contribution in [-0.4, -0.2) is 35.0 Å². The Labute approximate surface area is 154 Å². The van der Waals surface area contributed by atoms with Crippen molar-refractivity contribution in [2.75, 3.05) is 18.0 Å². The lowest BCUT2D eigenvalue weighted by Gasteiger charge is -2.40. The molecule has 0 saturated carbocycles. The number of aryl methyl sites for hydroxylation is 1. The molecule has 1 N–H and O–H groups in total. The Bertz CT molecular complexity index is 796. The minimum atomic E-state index is -0.383. The van der Waals surface area contributed by atoms with Crippen LogP contribution >= 0.6 is 0 Å². The van der Waals surface area contributed by atoms with E-state index in [9.17, 15) is 4.79 Å². The molecule has 1 aromatic heterocycles. The molecule has 2 aromatic rings. The van der Waals surface area contributed by atoms with Crippen LogP contribution in [0.1, 0.15) is 36.6 Å². The number of fused-ring (bicyclic) bond motifs is 1. The van der Waals surface area contributed by atoms with Crippen molar-refractivity contribution in [1.82, 2.24) is 15.3 Å². The predicted octanol–water partition coefficient (Wildman–Crippen LogP) is 2.68. The average molecular weight is 350 g/mol. The summed E-state index contributed by atoms with van der Waals surface area (Å²) in [5.74, 6) is 1.09. The molecule has 2 heterocycles. The van der Waals surface area contributed by atoms with Crippen LogP contribution in [0.15, 0.2) is 36.7 Å². The topological polar surface area (TPSA) is 58.1 Å². The Morgan fingerprint density at radius 3 is 2.65 bits per heavy atom. The van der Waals surface area contributed by atoms with E-state index in [0.29, 0.717) is 6.54 Å². The third kappa shape index (κ3) is 3.30. The highest BCUT2D eigenvalue weighted by molar-refractivity contribution is 5.83. The summed E-state index contributed by atoms with van der Waals surface area (Å²) in [4.78, 5) is 23.9. The van der Waals surface area contributed by atoms with E-state index < -0.39 is 0 Å². The van der Waals surface area contributed by atoms with Gasteiger partial charge in [0.2, 0.25) is 5.91 Å². The standard InChI is InChI=1S/C21H26N4O/c1-15-10-19(23-14-22-15)25-9-5-8-21(2,13-25)20(26)24-18-11-16-6-3-4-7-17(16)12-18/h3-4,6-7,10,14,18H,5,8-9,11-13H2,1-2H3,(H,24,26). The van der Waals surface area contributed by atoms with Gasteiger partial charge >= 0.3 is 0 Å². The van der Waals surface area contributed by atoms with Crippen LogP contribution in [0, 0.1) is 12.3 Å². The molecule has 136 valence electrons. The number of nitrogens with zero attached hydrogens (tertiary/aromatic N) is 3. The number of piperidine rings is 1. The van der Waals surface area contributed by atoms with E-state index in [-0.39, 0.29) is 17.4 Å². The minimum Gasteiger partial charge on any atom is -0.355 e. The molecule has 1 unspecified atom stereocenters. The van der Waals surface area contributed by atoms with Crippen molar-refractivity contribution in [2.24, 2.45) is 5.41 Å². The van der Waals surface area contributed by atoms with E-state index in [0.717, 1.165) is 43.7 Å². The van der Waals surface area contributed by atoms with Gasteiger partial charge in [-0.25, -0.2) is 9.97 Å². The Morgan fingerprint density at radius 1 is 1.23 bits per heavy atom. The van der Waals surface area contributed by atoms with Crippen molar-refractivity contribution in [2.45, 2.75) is 45.6 Å². The van der Waals surface area contributed by atoms with Gasteiger partial charge in [0.25, 0.3) is 0 Å². The maximum Gasteiger partial charge on any atom is 0.227 e. The van der Waals surface area contributed by atoms with Crippen molar-refractivity contribution in [3.63, 3.8) is 0 Å². The van der Waals surface area contributed by atoms with Crippen LogP contribution in [0.3, 0.4) is 0 Å². The SMILES string of the molecule is Cc1cc(N2CCCC(C)(C(=O)NC3Cc4ccccc4C3)C2)ncn1. The Balaban J connectivity index is 1.44. The zero-order valence-corrected chi connectivity index (χ0v) is 15.5. The summed E-state index contributed by atoms with van der Waals surface area (Å²) in [6.45, 7) is 5.70. The van der Waals surface area contributed by atoms with Crippen LogP contribution in [0.4, 0.5) is 5.82 Å². The van der Waals surface area contributed by atoms with Gasteiger partial charge in [-0.2, -0.15) is 0 Å². The monoisotopic (exact) mass is 350 g/mol. The van der Waals surface area contributed by atoms with Gasteiger partial charge in [-0.15, -0.1) is 0 Å². The number of carbonyl (C=O) groups excluding carboxylic acids is 1. The molecule has 1 atom stereocenters. The lowest BCUT2D eigenvalue weighted by molar-refractivity contribution is -0.131. The van der Waals surface area contributed by atoms with Gasteiger partial charge < -0.3 is 10.2 Å². The van der Waals surface area contributed by atoms with E-state index in [4.69, 9.17) is 0 Å². The van der Waals surface area contributed by atoms with Gasteiger partial charge in [0, 0.05) is 30.9 Å². The van der Waals surface area contributed by atoms with Crippen molar-refractivity contribution >= 4 is 11.7 Å². The van der Waals surface area contributed by atoms with Crippen LogP contribution in [0.25, 0.3) is 0 Å². The molecule has 1 saturated heterocycles. The number of nitrogens with one attached hydrogen (secondary N) is 1. The Hall–Kier alpha value is -2.43. The van der Waals surface area contributed by atoms with Crippen LogP contribution in [-0.2, 0) is 17.6 Å². The fourth-order valence-electron chi connectivity index (χ4n) is 4.25. The molecule has 0 spiro atoms. The number of hydrogen-bond donors (Lipinski definition) is 1. The van der Waals surface area contributed by atoms with E-state index in [1.165, 1.54) is 11.1 Å². The number of rotatable bonds is 3. The number of amides is 1. The third-order valence-corrected chi connectivity index (χ3v) is 5.74. The molecule has 1 aliphatic heterocycles. The molecule has 0 bridgehead atoms. The minimum absolute atomic E-state index is 0.172. The first-order valence-electron chi connectivity index (χ1n) is 9.45. The summed E-state index contributed by atoms with van der Waals surface area (Å²) in [5.41, 5.74) is 3.30. The van der Waals surface area contributed by atoms with Gasteiger partial charge in [0.1, 0.15) is 12.1 Å². The zero-order chi connectivity index (χ0) is 18.1. The zero-order valence-electron chi connectivity index (χ0n) is 15.5. The second kappa shape index (κ2) is 6.71. The smallest absolute Gasteiger partial charge is 0.227 e. The second-order valence-electron chi connectivity index (χ2n) is 7.95. The number of hydrogen-bond acceptors (Lipinski definition) is 4. The highest BCUT2D eigenvalue weighted by Crippen LogP contribution is 2.33. The lowest BCUT2D eigenvalue weighted by Crippen LogP contribution is -2.52. The number of carbonyl (C=O) groups is 1. The lowest BCUT2D eigenvalue weighted by atomic mass is 9.80. The van der Waals surface area contributed by atoms with Crippen molar-refractivity contribution in [3.05, 3.63) is 53.5 Å². The first-order chi connectivity index (χ1) is 12.5. The summed E-state index contributed by atoms with van der Waals surface area (Å²) < 4.78 is 0. The summed E-state index contributed by atoms with van der Waals surface area (Å²) in [7, 11) is 0. The van der Waals surface area contributed by atoms with E-state index in [2.05, 4.69) is 51.4 Å². The van der Waals surface area contributed by atoms with Crippen LogP contribution in [0.2, 0.25) is 0 Å². The quantitative estimate of drug-likeness (QED) is 0.925. The van der Waals surface area contributed by atoms with Gasteiger partial charge in [-0.3, -0.25) is 4.79 Å². The molecular weight excluding hydrogens is 324 g/mol. The number of benzene rings is 1. The van der Waals surface area contributed by atoms with Crippen molar-refractivity contribution in [3.8, 4) is 0 Å². The molecule has 1 fully saturated rings. The molecule has 0 radical (unpaired) electrons. The summed E-state index contributed by atoms with van der Waals surface area (Å²) in [6.07, 6.45) is 5.39. The van der Waals surface area contributed by atoms with Crippen molar-refractivity contribution < 1.29 is 4.79 Å².